The maximum absolute atomic E-state index is 13.3. The molecule has 0 radical (unpaired) electrons. The molecule has 0 spiro atoms. The Labute approximate surface area is 85.4 Å². The molecular formula is C10H7FN2O2. The van der Waals surface area contributed by atoms with Gasteiger partial charge in [0.2, 0.25) is 0 Å². The van der Waals surface area contributed by atoms with E-state index >= 15 is 0 Å². The predicted molar refractivity (Wildman–Crippen MR) is 47.7 cm³/mol. The molecule has 0 aromatic heterocycles. The van der Waals surface area contributed by atoms with Crippen LogP contribution in [0.1, 0.15) is 17.2 Å². The predicted octanol–water partition coefficient (Wildman–Crippen LogP) is 0.615. The summed E-state index contributed by atoms with van der Waals surface area (Å²) < 4.78 is 13.3. The zero-order chi connectivity index (χ0) is 11.4. The number of hydrogen-bond acceptors (Lipinski definition) is 4. The van der Waals surface area contributed by atoms with E-state index in [1.807, 2.05) is 0 Å². The molecule has 15 heavy (non-hydrogen) atoms. The van der Waals surface area contributed by atoms with Crippen molar-refractivity contribution in [3.05, 3.63) is 35.1 Å². The molecule has 1 rings (SSSR count). The Morgan fingerprint density at radius 1 is 1.27 bits per heavy atom. The number of hydrogen-bond donors (Lipinski definition) is 2. The number of rotatable bonds is 2. The van der Waals surface area contributed by atoms with E-state index in [-0.39, 0.29) is 11.1 Å². The van der Waals surface area contributed by atoms with Crippen LogP contribution in [0.25, 0.3) is 0 Å². The number of aliphatic hydroxyl groups is 2. The van der Waals surface area contributed by atoms with Crippen LogP contribution in [0, 0.1) is 28.5 Å². The van der Waals surface area contributed by atoms with Crippen molar-refractivity contribution in [1.82, 2.24) is 0 Å². The molecule has 0 bridgehead atoms. The molecule has 1 aromatic carbocycles. The fraction of sp³-hybridized carbons (Fsp3) is 0.200. The van der Waals surface area contributed by atoms with Crippen LogP contribution in [-0.4, -0.2) is 16.3 Å². The number of aliphatic hydroxyl groups excluding tert-OH is 2. The molecule has 0 aliphatic carbocycles. The van der Waals surface area contributed by atoms with Crippen LogP contribution < -0.4 is 0 Å². The number of halogens is 1. The van der Waals surface area contributed by atoms with E-state index in [0.29, 0.717) is 0 Å². The molecule has 0 amide bonds. The summed E-state index contributed by atoms with van der Waals surface area (Å²) in [6.45, 7) is 0. The first-order chi connectivity index (χ1) is 7.10. The summed E-state index contributed by atoms with van der Waals surface area (Å²) in [5.74, 6) is -0.823. The van der Waals surface area contributed by atoms with Gasteiger partial charge in [0.05, 0.1) is 17.7 Å². The minimum Gasteiger partial charge on any atom is -0.384 e. The fourth-order valence-electron chi connectivity index (χ4n) is 1.08. The minimum absolute atomic E-state index is 0.106. The van der Waals surface area contributed by atoms with Gasteiger partial charge in [0, 0.05) is 5.56 Å². The maximum atomic E-state index is 13.3. The largest absolute Gasteiger partial charge is 0.384 e. The molecule has 2 atom stereocenters. The van der Waals surface area contributed by atoms with E-state index in [1.165, 1.54) is 18.2 Å². The molecule has 2 unspecified atom stereocenters. The molecule has 0 aliphatic rings. The first-order valence-electron chi connectivity index (χ1n) is 4.05. The van der Waals surface area contributed by atoms with E-state index in [1.54, 1.807) is 6.07 Å². The van der Waals surface area contributed by atoms with Crippen molar-refractivity contribution in [2.45, 2.75) is 12.2 Å². The molecule has 76 valence electrons. The third-order valence-corrected chi connectivity index (χ3v) is 1.88. The van der Waals surface area contributed by atoms with Crippen LogP contribution in [0.4, 0.5) is 4.39 Å². The molecule has 1 aromatic rings. The van der Waals surface area contributed by atoms with Gasteiger partial charge in [-0.15, -0.1) is 0 Å². The van der Waals surface area contributed by atoms with Crippen molar-refractivity contribution < 1.29 is 14.6 Å². The summed E-state index contributed by atoms with van der Waals surface area (Å²) in [6, 6.07) is 6.52. The van der Waals surface area contributed by atoms with Gasteiger partial charge in [-0.1, -0.05) is 6.07 Å². The topological polar surface area (TPSA) is 88.0 Å². The van der Waals surface area contributed by atoms with Crippen LogP contribution >= 0.6 is 0 Å². The van der Waals surface area contributed by atoms with Crippen molar-refractivity contribution in [1.29, 1.82) is 10.5 Å². The normalized spacial score (nSPS) is 13.7. The lowest BCUT2D eigenvalue weighted by atomic mass is 10.0. The Kier molecular flexibility index (Phi) is 3.35. The minimum atomic E-state index is -1.69. The van der Waals surface area contributed by atoms with Gasteiger partial charge >= 0.3 is 0 Å². The van der Waals surface area contributed by atoms with Crippen LogP contribution in [0.5, 0.6) is 0 Å². The molecule has 5 heteroatoms. The van der Waals surface area contributed by atoms with E-state index in [0.717, 1.165) is 6.07 Å². The molecule has 0 fully saturated rings. The quantitative estimate of drug-likeness (QED) is 0.694. The highest BCUT2D eigenvalue weighted by Gasteiger charge is 2.21. The molecule has 0 heterocycles. The first-order valence-corrected chi connectivity index (χ1v) is 4.05. The fourth-order valence-corrected chi connectivity index (χ4v) is 1.08. The van der Waals surface area contributed by atoms with E-state index in [9.17, 15) is 9.50 Å². The summed E-state index contributed by atoms with van der Waals surface area (Å²) in [5.41, 5.74) is -0.0991. The van der Waals surface area contributed by atoms with Crippen molar-refractivity contribution in [3.8, 4) is 12.1 Å². The van der Waals surface area contributed by atoms with E-state index < -0.39 is 18.0 Å². The van der Waals surface area contributed by atoms with Gasteiger partial charge in [0.15, 0.2) is 6.10 Å². The van der Waals surface area contributed by atoms with Crippen LogP contribution in [0.2, 0.25) is 0 Å². The van der Waals surface area contributed by atoms with Gasteiger partial charge < -0.3 is 10.2 Å². The van der Waals surface area contributed by atoms with Crippen LogP contribution in [0.3, 0.4) is 0 Å². The summed E-state index contributed by atoms with van der Waals surface area (Å²) in [6.07, 6.45) is -3.30. The lowest BCUT2D eigenvalue weighted by Gasteiger charge is -2.12. The first kappa shape index (κ1) is 11.1. The van der Waals surface area contributed by atoms with Gasteiger partial charge in [0.25, 0.3) is 0 Å². The van der Waals surface area contributed by atoms with Crippen molar-refractivity contribution in [3.63, 3.8) is 0 Å². The third-order valence-electron chi connectivity index (χ3n) is 1.88. The second-order valence-corrected chi connectivity index (χ2v) is 2.87. The van der Waals surface area contributed by atoms with Crippen LogP contribution in [-0.2, 0) is 0 Å². The monoisotopic (exact) mass is 206 g/mol. The zero-order valence-electron chi connectivity index (χ0n) is 7.55. The third kappa shape index (κ3) is 2.29. The average molecular weight is 206 g/mol. The summed E-state index contributed by atoms with van der Waals surface area (Å²) in [7, 11) is 0. The molecule has 4 nitrogen and oxygen atoms in total. The Balaban J connectivity index is 3.08. The average Bonchev–Trinajstić information content (AvgIpc) is 2.26. The van der Waals surface area contributed by atoms with Gasteiger partial charge in [-0.2, -0.15) is 10.5 Å². The molecular weight excluding hydrogens is 199 g/mol. The van der Waals surface area contributed by atoms with E-state index in [4.69, 9.17) is 15.6 Å². The maximum Gasteiger partial charge on any atom is 0.170 e. The standard InChI is InChI=1S/C10H7FN2O2/c11-8-3-6(4-12)1-2-7(8)10(15)9(14)5-13/h1-3,9-10,14-15H. The highest BCUT2D eigenvalue weighted by Crippen LogP contribution is 2.20. The lowest BCUT2D eigenvalue weighted by molar-refractivity contribution is 0.0503. The molecule has 0 saturated heterocycles. The van der Waals surface area contributed by atoms with Gasteiger partial charge in [0.1, 0.15) is 11.9 Å². The molecule has 2 N–H and O–H groups in total. The van der Waals surface area contributed by atoms with Crippen LogP contribution in [0.15, 0.2) is 18.2 Å². The van der Waals surface area contributed by atoms with Gasteiger partial charge in [-0.25, -0.2) is 4.39 Å². The highest BCUT2D eigenvalue weighted by atomic mass is 19.1. The second-order valence-electron chi connectivity index (χ2n) is 2.87. The molecule has 0 aliphatic heterocycles. The number of nitrogens with zero attached hydrogens (tertiary/aromatic N) is 2. The Morgan fingerprint density at radius 3 is 2.40 bits per heavy atom. The van der Waals surface area contributed by atoms with Crippen molar-refractivity contribution >= 4 is 0 Å². The van der Waals surface area contributed by atoms with Crippen molar-refractivity contribution in [2.24, 2.45) is 0 Å². The summed E-state index contributed by atoms with van der Waals surface area (Å²) in [4.78, 5) is 0. The smallest absolute Gasteiger partial charge is 0.170 e. The summed E-state index contributed by atoms with van der Waals surface area (Å²) >= 11 is 0. The zero-order valence-corrected chi connectivity index (χ0v) is 7.55. The Bertz CT molecular complexity index is 448. The Hall–Kier alpha value is -1.95. The van der Waals surface area contributed by atoms with E-state index in [2.05, 4.69) is 0 Å². The number of nitriles is 2. The number of benzene rings is 1. The summed E-state index contributed by atoms with van der Waals surface area (Å²) in [5, 5.41) is 35.1. The lowest BCUT2D eigenvalue weighted by Crippen LogP contribution is -2.17. The van der Waals surface area contributed by atoms with Gasteiger partial charge in [-0.05, 0) is 12.1 Å². The Morgan fingerprint density at radius 2 is 1.93 bits per heavy atom. The van der Waals surface area contributed by atoms with Crippen molar-refractivity contribution in [2.75, 3.05) is 0 Å². The second kappa shape index (κ2) is 4.52. The van der Waals surface area contributed by atoms with Gasteiger partial charge in [-0.3, -0.25) is 0 Å². The highest BCUT2D eigenvalue weighted by molar-refractivity contribution is 5.34. The molecule has 0 saturated carbocycles. The SMILES string of the molecule is N#Cc1ccc(C(O)C(O)C#N)c(F)c1.